The van der Waals surface area contributed by atoms with Crippen LogP contribution in [0.25, 0.3) is 5.69 Å². The molecule has 2 aromatic rings. The molecule has 0 amide bonds. The molecule has 0 fully saturated rings. The summed E-state index contributed by atoms with van der Waals surface area (Å²) in [6.45, 7) is 1.70. The second-order valence-electron chi connectivity index (χ2n) is 3.91. The Kier molecular flexibility index (Phi) is 3.71. The molecule has 4 nitrogen and oxygen atoms in total. The number of hydrogen-bond acceptors (Lipinski definition) is 3. The molecule has 0 bridgehead atoms. The predicted octanol–water partition coefficient (Wildman–Crippen LogP) is 1.68. The van der Waals surface area contributed by atoms with Crippen molar-refractivity contribution in [2.45, 2.75) is 18.6 Å². The number of aromatic nitrogens is 2. The fourth-order valence-corrected chi connectivity index (χ4v) is 1.94. The SMILES string of the molecule is CC(Cc1ccc(-n2ccnc2)cc1)S(=O)[O-]. The van der Waals surface area contributed by atoms with Gasteiger partial charge in [0.1, 0.15) is 0 Å². The van der Waals surface area contributed by atoms with Crippen molar-refractivity contribution in [2.24, 2.45) is 0 Å². The van der Waals surface area contributed by atoms with Crippen LogP contribution in [0.15, 0.2) is 43.0 Å². The standard InChI is InChI=1S/C12H14N2O2S/c1-10(17(15)16)8-11-2-4-12(5-3-11)14-7-6-13-9-14/h2-7,9-10H,8H2,1H3,(H,15,16)/p-1. The summed E-state index contributed by atoms with van der Waals surface area (Å²) < 4.78 is 23.4. The van der Waals surface area contributed by atoms with Crippen LogP contribution in [0.3, 0.4) is 0 Å². The Morgan fingerprint density at radius 2 is 2.12 bits per heavy atom. The van der Waals surface area contributed by atoms with E-state index in [0.717, 1.165) is 11.3 Å². The lowest BCUT2D eigenvalue weighted by molar-refractivity contribution is 0.524. The van der Waals surface area contributed by atoms with Gasteiger partial charge in [-0.05, 0) is 24.1 Å². The first-order chi connectivity index (χ1) is 8.16. The minimum atomic E-state index is -2.01. The molecule has 90 valence electrons. The normalized spacial score (nSPS) is 14.5. The van der Waals surface area contributed by atoms with E-state index < -0.39 is 11.1 Å². The molecule has 1 aromatic heterocycles. The van der Waals surface area contributed by atoms with Crippen LogP contribution in [-0.2, 0) is 17.5 Å². The lowest BCUT2D eigenvalue weighted by Crippen LogP contribution is -2.13. The van der Waals surface area contributed by atoms with E-state index in [9.17, 15) is 8.76 Å². The van der Waals surface area contributed by atoms with E-state index in [-0.39, 0.29) is 5.25 Å². The van der Waals surface area contributed by atoms with E-state index >= 15 is 0 Å². The van der Waals surface area contributed by atoms with Crippen molar-refractivity contribution in [3.05, 3.63) is 48.5 Å². The molecule has 2 atom stereocenters. The van der Waals surface area contributed by atoms with E-state index in [4.69, 9.17) is 0 Å². The number of hydrogen-bond donors (Lipinski definition) is 0. The summed E-state index contributed by atoms with van der Waals surface area (Å²) >= 11 is -2.01. The summed E-state index contributed by atoms with van der Waals surface area (Å²) in [4.78, 5) is 3.97. The number of imidazole rings is 1. The molecule has 0 radical (unpaired) electrons. The molecule has 1 heterocycles. The molecular weight excluding hydrogens is 236 g/mol. The van der Waals surface area contributed by atoms with Gasteiger partial charge in [0.2, 0.25) is 0 Å². The van der Waals surface area contributed by atoms with Crippen LogP contribution in [0.2, 0.25) is 0 Å². The van der Waals surface area contributed by atoms with Crippen LogP contribution in [0, 0.1) is 0 Å². The molecular formula is C12H13N2O2S-. The predicted molar refractivity (Wildman–Crippen MR) is 65.6 cm³/mol. The zero-order chi connectivity index (χ0) is 12.3. The second kappa shape index (κ2) is 5.25. The van der Waals surface area contributed by atoms with E-state index in [1.54, 1.807) is 19.4 Å². The highest BCUT2D eigenvalue weighted by Crippen LogP contribution is 2.12. The third-order valence-corrected chi connectivity index (χ3v) is 3.41. The van der Waals surface area contributed by atoms with Crippen molar-refractivity contribution in [3.63, 3.8) is 0 Å². The number of nitrogens with zero attached hydrogens (tertiary/aromatic N) is 2. The van der Waals surface area contributed by atoms with Crippen LogP contribution in [-0.4, -0.2) is 23.6 Å². The number of benzene rings is 1. The average molecular weight is 249 g/mol. The molecule has 2 unspecified atom stereocenters. The monoisotopic (exact) mass is 249 g/mol. The zero-order valence-corrected chi connectivity index (χ0v) is 10.3. The smallest absolute Gasteiger partial charge is 0.0991 e. The van der Waals surface area contributed by atoms with Crippen molar-refractivity contribution >= 4 is 11.1 Å². The fourth-order valence-electron chi connectivity index (χ4n) is 1.62. The Morgan fingerprint density at radius 3 is 2.65 bits per heavy atom. The maximum absolute atomic E-state index is 10.7. The summed E-state index contributed by atoms with van der Waals surface area (Å²) in [6.07, 6.45) is 5.85. The first-order valence-electron chi connectivity index (χ1n) is 5.32. The lowest BCUT2D eigenvalue weighted by Gasteiger charge is -2.14. The summed E-state index contributed by atoms with van der Waals surface area (Å²) in [5, 5.41) is -0.353. The first-order valence-corrected chi connectivity index (χ1v) is 6.46. The molecule has 0 N–H and O–H groups in total. The van der Waals surface area contributed by atoms with E-state index in [0.29, 0.717) is 6.42 Å². The molecule has 0 saturated heterocycles. The topological polar surface area (TPSA) is 58.0 Å². The molecule has 5 heteroatoms. The van der Waals surface area contributed by atoms with E-state index in [1.165, 1.54) is 0 Å². The minimum absolute atomic E-state index is 0.353. The Bertz CT molecular complexity index is 494. The molecule has 0 spiro atoms. The fraction of sp³-hybridized carbons (Fsp3) is 0.250. The molecule has 17 heavy (non-hydrogen) atoms. The minimum Gasteiger partial charge on any atom is -0.772 e. The average Bonchev–Trinajstić information content (AvgIpc) is 2.83. The van der Waals surface area contributed by atoms with Crippen molar-refractivity contribution in [1.82, 2.24) is 9.55 Å². The molecule has 0 aliphatic rings. The summed E-state index contributed by atoms with van der Waals surface area (Å²) in [5.41, 5.74) is 2.03. The molecule has 0 aliphatic heterocycles. The van der Waals surface area contributed by atoms with Crippen molar-refractivity contribution in [2.75, 3.05) is 0 Å². The van der Waals surface area contributed by atoms with Gasteiger partial charge in [-0.25, -0.2) is 4.98 Å². The highest BCUT2D eigenvalue weighted by molar-refractivity contribution is 7.79. The summed E-state index contributed by atoms with van der Waals surface area (Å²) in [6, 6.07) is 7.80. The highest BCUT2D eigenvalue weighted by Gasteiger charge is 2.04. The van der Waals surface area contributed by atoms with Gasteiger partial charge in [-0.3, -0.25) is 4.21 Å². The summed E-state index contributed by atoms with van der Waals surface area (Å²) in [5.74, 6) is 0. The van der Waals surface area contributed by atoms with Crippen LogP contribution in [0.1, 0.15) is 12.5 Å². The Labute approximate surface area is 103 Å². The highest BCUT2D eigenvalue weighted by atomic mass is 32.2. The van der Waals surface area contributed by atoms with Gasteiger partial charge < -0.3 is 9.12 Å². The van der Waals surface area contributed by atoms with Crippen LogP contribution in [0.4, 0.5) is 0 Å². The van der Waals surface area contributed by atoms with Crippen molar-refractivity contribution in [1.29, 1.82) is 0 Å². The Balaban J connectivity index is 2.11. The van der Waals surface area contributed by atoms with Crippen LogP contribution in [0.5, 0.6) is 0 Å². The molecule has 0 aliphatic carbocycles. The van der Waals surface area contributed by atoms with Crippen LogP contribution < -0.4 is 0 Å². The molecule has 1 aromatic carbocycles. The van der Waals surface area contributed by atoms with Gasteiger partial charge in [0.25, 0.3) is 0 Å². The Morgan fingerprint density at radius 1 is 1.41 bits per heavy atom. The van der Waals surface area contributed by atoms with E-state index in [2.05, 4.69) is 4.98 Å². The van der Waals surface area contributed by atoms with Gasteiger partial charge in [-0.1, -0.05) is 30.1 Å². The second-order valence-corrected chi connectivity index (χ2v) is 5.24. The van der Waals surface area contributed by atoms with Crippen molar-refractivity contribution < 1.29 is 8.76 Å². The zero-order valence-electron chi connectivity index (χ0n) is 9.45. The van der Waals surface area contributed by atoms with Crippen molar-refractivity contribution in [3.8, 4) is 5.69 Å². The van der Waals surface area contributed by atoms with Gasteiger partial charge in [0, 0.05) is 23.3 Å². The number of rotatable bonds is 4. The maximum Gasteiger partial charge on any atom is 0.0991 e. The van der Waals surface area contributed by atoms with Gasteiger partial charge in [-0.2, -0.15) is 0 Å². The van der Waals surface area contributed by atoms with Gasteiger partial charge in [0.15, 0.2) is 0 Å². The lowest BCUT2D eigenvalue weighted by atomic mass is 10.1. The third kappa shape index (κ3) is 3.01. The molecule has 2 rings (SSSR count). The molecule has 0 saturated carbocycles. The quantitative estimate of drug-likeness (QED) is 0.775. The third-order valence-electron chi connectivity index (χ3n) is 2.59. The summed E-state index contributed by atoms with van der Waals surface area (Å²) in [7, 11) is 0. The maximum atomic E-state index is 10.7. The van der Waals surface area contributed by atoms with E-state index in [1.807, 2.05) is 35.0 Å². The Hall–Kier alpha value is -1.46. The largest absolute Gasteiger partial charge is 0.772 e. The van der Waals surface area contributed by atoms with Gasteiger partial charge in [-0.15, -0.1) is 0 Å². The van der Waals surface area contributed by atoms with Gasteiger partial charge in [0.05, 0.1) is 6.33 Å². The van der Waals surface area contributed by atoms with Gasteiger partial charge >= 0.3 is 0 Å². The first kappa shape index (κ1) is 12.0. The van der Waals surface area contributed by atoms with Crippen LogP contribution >= 0.6 is 0 Å².